The molecule has 1 atom stereocenters. The minimum atomic E-state index is -1.06. The Bertz CT molecular complexity index is 389. The van der Waals surface area contributed by atoms with Gasteiger partial charge in [-0.15, -0.1) is 11.6 Å². The van der Waals surface area contributed by atoms with E-state index in [1.165, 1.54) is 0 Å². The predicted molar refractivity (Wildman–Crippen MR) is 66.2 cm³/mol. The molecule has 1 unspecified atom stereocenters. The molecule has 1 rings (SSSR count). The SMILES string of the molecule is CC(C)Cc1ccc(C(Cl)C(=O)O)cc1Cl. The average Bonchev–Trinajstić information content (AvgIpc) is 2.19. The van der Waals surface area contributed by atoms with Crippen LogP contribution >= 0.6 is 23.2 Å². The van der Waals surface area contributed by atoms with E-state index in [1.54, 1.807) is 12.1 Å². The monoisotopic (exact) mass is 260 g/mol. The van der Waals surface area contributed by atoms with E-state index in [0.717, 1.165) is 12.0 Å². The number of rotatable bonds is 4. The van der Waals surface area contributed by atoms with Crippen LogP contribution < -0.4 is 0 Å². The number of carboxylic acid groups (broad SMARTS) is 1. The predicted octanol–water partition coefficient (Wildman–Crippen LogP) is 3.90. The van der Waals surface area contributed by atoms with Gasteiger partial charge in [0, 0.05) is 5.02 Å². The molecule has 1 N–H and O–H groups in total. The van der Waals surface area contributed by atoms with E-state index in [-0.39, 0.29) is 0 Å². The van der Waals surface area contributed by atoms with E-state index >= 15 is 0 Å². The van der Waals surface area contributed by atoms with Crippen LogP contribution in [0.4, 0.5) is 0 Å². The number of hydrogen-bond donors (Lipinski definition) is 1. The van der Waals surface area contributed by atoms with Crippen LogP contribution in [-0.4, -0.2) is 11.1 Å². The molecule has 1 aromatic carbocycles. The molecule has 4 heteroatoms. The van der Waals surface area contributed by atoms with E-state index in [4.69, 9.17) is 28.3 Å². The summed E-state index contributed by atoms with van der Waals surface area (Å²) in [6.07, 6.45) is 0.874. The Hall–Kier alpha value is -0.730. The third-order valence-electron chi connectivity index (χ3n) is 2.21. The number of carboxylic acids is 1. The average molecular weight is 261 g/mol. The van der Waals surface area contributed by atoms with E-state index in [0.29, 0.717) is 16.5 Å². The topological polar surface area (TPSA) is 37.3 Å². The van der Waals surface area contributed by atoms with Gasteiger partial charge >= 0.3 is 5.97 Å². The summed E-state index contributed by atoms with van der Waals surface area (Å²) in [5, 5.41) is 8.31. The zero-order valence-electron chi connectivity index (χ0n) is 9.21. The third kappa shape index (κ3) is 3.39. The number of alkyl halides is 1. The van der Waals surface area contributed by atoms with Gasteiger partial charge in [0.25, 0.3) is 0 Å². The Kier molecular flexibility index (Phi) is 4.63. The van der Waals surface area contributed by atoms with Gasteiger partial charge in [-0.2, -0.15) is 0 Å². The second-order valence-electron chi connectivity index (χ2n) is 4.15. The number of aliphatic carboxylic acids is 1. The van der Waals surface area contributed by atoms with Crippen LogP contribution in [0, 0.1) is 5.92 Å². The molecule has 2 nitrogen and oxygen atoms in total. The molecule has 0 bridgehead atoms. The minimum Gasteiger partial charge on any atom is -0.480 e. The van der Waals surface area contributed by atoms with Crippen molar-refractivity contribution in [1.29, 1.82) is 0 Å². The molecule has 88 valence electrons. The lowest BCUT2D eigenvalue weighted by Crippen LogP contribution is -2.05. The van der Waals surface area contributed by atoms with Gasteiger partial charge in [-0.3, -0.25) is 4.79 Å². The summed E-state index contributed by atoms with van der Waals surface area (Å²) in [6.45, 7) is 4.21. The van der Waals surface area contributed by atoms with Crippen molar-refractivity contribution >= 4 is 29.2 Å². The Morgan fingerprint density at radius 3 is 2.50 bits per heavy atom. The van der Waals surface area contributed by atoms with Gasteiger partial charge in [-0.1, -0.05) is 37.6 Å². The summed E-state index contributed by atoms with van der Waals surface area (Å²) in [4.78, 5) is 10.7. The Morgan fingerprint density at radius 1 is 1.44 bits per heavy atom. The molecule has 0 aliphatic carbocycles. The first-order chi connectivity index (χ1) is 7.41. The molecular weight excluding hydrogens is 247 g/mol. The molecule has 0 heterocycles. The van der Waals surface area contributed by atoms with Gasteiger partial charge in [0.2, 0.25) is 0 Å². The van der Waals surface area contributed by atoms with Crippen molar-refractivity contribution in [3.63, 3.8) is 0 Å². The number of benzene rings is 1. The lowest BCUT2D eigenvalue weighted by atomic mass is 10.0. The summed E-state index contributed by atoms with van der Waals surface area (Å²) in [6, 6.07) is 5.19. The van der Waals surface area contributed by atoms with E-state index in [9.17, 15) is 4.79 Å². The van der Waals surface area contributed by atoms with Gasteiger partial charge in [-0.25, -0.2) is 0 Å². The quantitative estimate of drug-likeness (QED) is 0.834. The second kappa shape index (κ2) is 5.55. The van der Waals surface area contributed by atoms with Crippen LogP contribution in [0.3, 0.4) is 0 Å². The van der Waals surface area contributed by atoms with Crippen molar-refractivity contribution in [1.82, 2.24) is 0 Å². The van der Waals surface area contributed by atoms with Crippen LogP contribution in [0.1, 0.15) is 30.4 Å². The zero-order chi connectivity index (χ0) is 12.3. The van der Waals surface area contributed by atoms with Gasteiger partial charge < -0.3 is 5.11 Å². The minimum absolute atomic E-state index is 0.509. The first kappa shape index (κ1) is 13.3. The van der Waals surface area contributed by atoms with Crippen molar-refractivity contribution in [2.75, 3.05) is 0 Å². The summed E-state index contributed by atoms with van der Waals surface area (Å²) in [5.41, 5.74) is 1.54. The highest BCUT2D eigenvalue weighted by Gasteiger charge is 2.17. The third-order valence-corrected chi connectivity index (χ3v) is 3.01. The Morgan fingerprint density at radius 2 is 2.06 bits per heavy atom. The maximum atomic E-state index is 10.7. The first-order valence-corrected chi connectivity index (χ1v) is 5.88. The molecule has 0 saturated heterocycles. The van der Waals surface area contributed by atoms with Crippen molar-refractivity contribution in [3.05, 3.63) is 34.3 Å². The molecule has 1 aromatic rings. The molecule has 0 aromatic heterocycles. The maximum absolute atomic E-state index is 10.7. The van der Waals surface area contributed by atoms with Gasteiger partial charge in [0.15, 0.2) is 5.38 Å². The largest absolute Gasteiger partial charge is 0.480 e. The van der Waals surface area contributed by atoms with Gasteiger partial charge in [0.1, 0.15) is 0 Å². The highest BCUT2D eigenvalue weighted by Crippen LogP contribution is 2.27. The number of carbonyl (C=O) groups is 1. The molecular formula is C12H14Cl2O2. The Labute approximate surface area is 105 Å². The maximum Gasteiger partial charge on any atom is 0.326 e. The first-order valence-electron chi connectivity index (χ1n) is 5.07. The van der Waals surface area contributed by atoms with Crippen molar-refractivity contribution in [3.8, 4) is 0 Å². The van der Waals surface area contributed by atoms with E-state index in [2.05, 4.69) is 13.8 Å². The van der Waals surface area contributed by atoms with Crippen LogP contribution in [0.15, 0.2) is 18.2 Å². The second-order valence-corrected chi connectivity index (χ2v) is 4.99. The normalized spacial score (nSPS) is 12.8. The lowest BCUT2D eigenvalue weighted by molar-refractivity contribution is -0.136. The standard InChI is InChI=1S/C12H14Cl2O2/c1-7(2)5-8-3-4-9(6-10(8)13)11(14)12(15)16/h3-4,6-7,11H,5H2,1-2H3,(H,15,16). The lowest BCUT2D eigenvalue weighted by Gasteiger charge is -2.10. The molecule has 0 aliphatic rings. The molecule has 0 radical (unpaired) electrons. The van der Waals surface area contributed by atoms with Crippen molar-refractivity contribution < 1.29 is 9.90 Å². The molecule has 16 heavy (non-hydrogen) atoms. The summed E-state index contributed by atoms with van der Waals surface area (Å²) in [5.74, 6) is -0.552. The molecule has 0 saturated carbocycles. The van der Waals surface area contributed by atoms with Crippen LogP contribution in [-0.2, 0) is 11.2 Å². The van der Waals surface area contributed by atoms with Crippen molar-refractivity contribution in [2.45, 2.75) is 25.6 Å². The van der Waals surface area contributed by atoms with Gasteiger partial charge in [-0.05, 0) is 29.5 Å². The fourth-order valence-corrected chi connectivity index (χ4v) is 1.87. The van der Waals surface area contributed by atoms with Crippen LogP contribution in [0.2, 0.25) is 5.02 Å². The summed E-state index contributed by atoms with van der Waals surface area (Å²) >= 11 is 11.8. The smallest absolute Gasteiger partial charge is 0.326 e. The molecule has 0 amide bonds. The highest BCUT2D eigenvalue weighted by molar-refractivity contribution is 6.32. The van der Waals surface area contributed by atoms with E-state index in [1.807, 2.05) is 6.07 Å². The molecule has 0 aliphatic heterocycles. The fraction of sp³-hybridized carbons (Fsp3) is 0.417. The molecule has 0 fully saturated rings. The van der Waals surface area contributed by atoms with E-state index < -0.39 is 11.3 Å². The number of halogens is 2. The summed E-state index contributed by atoms with van der Waals surface area (Å²) < 4.78 is 0. The van der Waals surface area contributed by atoms with Crippen molar-refractivity contribution in [2.24, 2.45) is 5.92 Å². The van der Waals surface area contributed by atoms with Crippen LogP contribution in [0.5, 0.6) is 0 Å². The highest BCUT2D eigenvalue weighted by atomic mass is 35.5. The zero-order valence-corrected chi connectivity index (χ0v) is 10.7. The molecule has 0 spiro atoms. The fourth-order valence-electron chi connectivity index (χ4n) is 1.47. The summed E-state index contributed by atoms with van der Waals surface area (Å²) in [7, 11) is 0. The Balaban J connectivity index is 2.95. The van der Waals surface area contributed by atoms with Crippen LogP contribution in [0.25, 0.3) is 0 Å². The van der Waals surface area contributed by atoms with Gasteiger partial charge in [0.05, 0.1) is 0 Å². The number of hydrogen-bond acceptors (Lipinski definition) is 1.